The second-order valence-corrected chi connectivity index (χ2v) is 10.9. The maximum atomic E-state index is 13.1. The molecule has 0 saturated heterocycles. The summed E-state index contributed by atoms with van der Waals surface area (Å²) in [6, 6.07) is 17.0. The lowest BCUT2D eigenvalue weighted by Crippen LogP contribution is -2.27. The molecular formula is C31H32N4O2. The molecule has 3 heterocycles. The molecule has 1 aromatic heterocycles. The van der Waals surface area contributed by atoms with E-state index < -0.39 is 5.41 Å². The predicted octanol–water partition coefficient (Wildman–Crippen LogP) is 5.56. The number of rotatable bonds is 5. The van der Waals surface area contributed by atoms with E-state index in [0.717, 1.165) is 72.4 Å². The van der Waals surface area contributed by atoms with E-state index >= 15 is 0 Å². The number of amides is 1. The number of aromatic nitrogens is 2. The van der Waals surface area contributed by atoms with E-state index in [2.05, 4.69) is 59.6 Å². The van der Waals surface area contributed by atoms with Gasteiger partial charge in [0.25, 0.3) is 0 Å². The van der Waals surface area contributed by atoms with Gasteiger partial charge in [-0.25, -0.2) is 0 Å². The molecule has 2 N–H and O–H groups in total. The van der Waals surface area contributed by atoms with Crippen LogP contribution in [0, 0.1) is 0 Å². The van der Waals surface area contributed by atoms with Crippen LogP contribution in [0.5, 0.6) is 5.75 Å². The second kappa shape index (κ2) is 8.18. The number of benzene rings is 3. The summed E-state index contributed by atoms with van der Waals surface area (Å²) in [6.45, 7) is 4.37. The summed E-state index contributed by atoms with van der Waals surface area (Å²) in [5, 5.41) is 12.4. The Bertz CT molecular complexity index is 1570. The molecule has 3 aromatic carbocycles. The molecule has 1 fully saturated rings. The van der Waals surface area contributed by atoms with Crippen molar-refractivity contribution in [3.63, 3.8) is 0 Å². The van der Waals surface area contributed by atoms with Crippen molar-refractivity contribution in [3.05, 3.63) is 76.3 Å². The number of ether oxygens (including phenoxy) is 1. The molecule has 2 atom stereocenters. The largest absolute Gasteiger partial charge is 0.497 e. The minimum atomic E-state index is -0.501. The number of nitrogens with zero attached hydrogens (tertiary/aromatic N) is 2. The smallest absolute Gasteiger partial charge is 0.235 e. The number of likely N-dealkylation sites (N-methyl/N-ethyl adjacent to an activating group) is 1. The molecule has 2 unspecified atom stereocenters. The number of fused-ring (bicyclic) bond motifs is 4. The zero-order valence-electron chi connectivity index (χ0n) is 21.6. The molecule has 6 nitrogen and oxygen atoms in total. The first-order chi connectivity index (χ1) is 18.0. The molecule has 6 heteroatoms. The van der Waals surface area contributed by atoms with E-state index in [0.29, 0.717) is 0 Å². The molecule has 4 aromatic rings. The average Bonchev–Trinajstić information content (AvgIpc) is 3.44. The van der Waals surface area contributed by atoms with E-state index in [9.17, 15) is 4.79 Å². The van der Waals surface area contributed by atoms with Gasteiger partial charge in [-0.05, 0) is 78.4 Å². The van der Waals surface area contributed by atoms with Crippen LogP contribution in [0.4, 0.5) is 5.69 Å². The first-order valence-corrected chi connectivity index (χ1v) is 13.3. The Hall–Kier alpha value is -3.64. The number of methoxy groups -OCH3 is 1. The third-order valence-corrected chi connectivity index (χ3v) is 8.79. The SMILES string of the molecule is CCCc1c(-c2n[nH]c3cc(C4CC45C(=O)Nc4ccc(OC)cc45)ccc23)ccc2c1CN(C)CC2. The fourth-order valence-electron chi connectivity index (χ4n) is 6.75. The summed E-state index contributed by atoms with van der Waals surface area (Å²) in [6.07, 6.45) is 4.09. The zero-order valence-corrected chi connectivity index (χ0v) is 21.6. The summed E-state index contributed by atoms with van der Waals surface area (Å²) in [5.41, 5.74) is 10.3. The van der Waals surface area contributed by atoms with Crippen molar-refractivity contribution < 1.29 is 9.53 Å². The Labute approximate surface area is 217 Å². The Morgan fingerprint density at radius 1 is 1.16 bits per heavy atom. The lowest BCUT2D eigenvalue weighted by atomic mass is 9.87. The Balaban J connectivity index is 1.27. The molecule has 188 valence electrons. The summed E-state index contributed by atoms with van der Waals surface area (Å²) < 4.78 is 5.45. The van der Waals surface area contributed by atoms with Crippen LogP contribution >= 0.6 is 0 Å². The van der Waals surface area contributed by atoms with Crippen molar-refractivity contribution in [1.29, 1.82) is 0 Å². The highest BCUT2D eigenvalue weighted by Crippen LogP contribution is 2.65. The Morgan fingerprint density at radius 3 is 2.89 bits per heavy atom. The van der Waals surface area contributed by atoms with Crippen LogP contribution in [0.1, 0.15) is 53.5 Å². The number of anilines is 1. The van der Waals surface area contributed by atoms with Gasteiger partial charge in [0.15, 0.2) is 0 Å². The summed E-state index contributed by atoms with van der Waals surface area (Å²) in [7, 11) is 3.88. The number of aromatic amines is 1. The molecular weight excluding hydrogens is 460 g/mol. The Kier molecular flexibility index (Phi) is 4.99. The van der Waals surface area contributed by atoms with Gasteiger partial charge < -0.3 is 15.0 Å². The third-order valence-electron chi connectivity index (χ3n) is 8.79. The molecule has 0 radical (unpaired) electrons. The fourth-order valence-corrected chi connectivity index (χ4v) is 6.75. The van der Waals surface area contributed by atoms with Gasteiger partial charge in [-0.15, -0.1) is 0 Å². The van der Waals surface area contributed by atoms with Crippen LogP contribution < -0.4 is 10.1 Å². The molecule has 1 spiro atoms. The van der Waals surface area contributed by atoms with Gasteiger partial charge >= 0.3 is 0 Å². The lowest BCUT2D eigenvalue weighted by molar-refractivity contribution is -0.118. The van der Waals surface area contributed by atoms with Crippen molar-refractivity contribution >= 4 is 22.5 Å². The highest BCUT2D eigenvalue weighted by molar-refractivity contribution is 6.10. The highest BCUT2D eigenvalue weighted by atomic mass is 16.5. The van der Waals surface area contributed by atoms with Crippen molar-refractivity contribution in [2.24, 2.45) is 0 Å². The standard InChI is InChI=1S/C31H32N4O2/c1-4-5-21-22(9-6-18-12-13-35(2)17-24(18)21)29-23-10-7-19(14-28(23)33-34-29)26-16-31(26)25-15-20(37-3)8-11-27(25)32-30(31)36/h6-11,14-15,26H,4-5,12-13,16-17H2,1-3H3,(H,32,36)(H,33,34). The molecule has 7 rings (SSSR count). The highest BCUT2D eigenvalue weighted by Gasteiger charge is 2.65. The zero-order chi connectivity index (χ0) is 25.3. The molecule has 3 aliphatic rings. The average molecular weight is 493 g/mol. The van der Waals surface area contributed by atoms with Crippen molar-refractivity contribution in [2.75, 3.05) is 26.0 Å². The van der Waals surface area contributed by atoms with Gasteiger partial charge in [0.2, 0.25) is 5.91 Å². The number of carbonyl (C=O) groups excluding carboxylic acids is 1. The van der Waals surface area contributed by atoms with Gasteiger partial charge in [-0.1, -0.05) is 37.6 Å². The van der Waals surface area contributed by atoms with E-state index in [4.69, 9.17) is 9.84 Å². The van der Waals surface area contributed by atoms with Gasteiger partial charge in [0, 0.05) is 35.6 Å². The summed E-state index contributed by atoms with van der Waals surface area (Å²) >= 11 is 0. The van der Waals surface area contributed by atoms with Gasteiger partial charge in [0.05, 0.1) is 18.0 Å². The third kappa shape index (κ3) is 3.28. The van der Waals surface area contributed by atoms with Crippen LogP contribution in [-0.2, 0) is 29.6 Å². The van der Waals surface area contributed by atoms with Crippen molar-refractivity contribution in [1.82, 2.24) is 15.1 Å². The maximum absolute atomic E-state index is 13.1. The molecule has 37 heavy (non-hydrogen) atoms. The van der Waals surface area contributed by atoms with Crippen LogP contribution in [-0.4, -0.2) is 41.7 Å². The number of hydrogen-bond donors (Lipinski definition) is 2. The topological polar surface area (TPSA) is 70.2 Å². The number of carbonyl (C=O) groups is 1. The molecule has 1 aliphatic carbocycles. The fraction of sp³-hybridized carbons (Fsp3) is 0.355. The van der Waals surface area contributed by atoms with Crippen LogP contribution in [0.25, 0.3) is 22.2 Å². The molecule has 0 bridgehead atoms. The molecule has 1 amide bonds. The first kappa shape index (κ1) is 22.5. The predicted molar refractivity (Wildman–Crippen MR) is 146 cm³/mol. The molecule has 2 aliphatic heterocycles. The lowest BCUT2D eigenvalue weighted by Gasteiger charge is -2.28. The first-order valence-electron chi connectivity index (χ1n) is 13.3. The van der Waals surface area contributed by atoms with E-state index in [-0.39, 0.29) is 11.8 Å². The van der Waals surface area contributed by atoms with Crippen molar-refractivity contribution in [3.8, 4) is 17.0 Å². The normalized spacial score (nSPS) is 22.2. The van der Waals surface area contributed by atoms with E-state index in [1.54, 1.807) is 7.11 Å². The number of nitrogens with one attached hydrogen (secondary N) is 2. The molecule has 1 saturated carbocycles. The van der Waals surface area contributed by atoms with E-state index in [1.807, 2.05) is 18.2 Å². The maximum Gasteiger partial charge on any atom is 0.235 e. The van der Waals surface area contributed by atoms with Gasteiger partial charge in [-0.2, -0.15) is 5.10 Å². The quantitative estimate of drug-likeness (QED) is 0.383. The van der Waals surface area contributed by atoms with Gasteiger partial charge in [-0.3, -0.25) is 9.89 Å². The number of hydrogen-bond acceptors (Lipinski definition) is 4. The minimum Gasteiger partial charge on any atom is -0.497 e. The second-order valence-electron chi connectivity index (χ2n) is 10.9. The summed E-state index contributed by atoms with van der Waals surface area (Å²) in [4.78, 5) is 15.5. The van der Waals surface area contributed by atoms with Crippen molar-refractivity contribution in [2.45, 2.75) is 50.5 Å². The van der Waals surface area contributed by atoms with E-state index in [1.165, 1.54) is 27.8 Å². The summed E-state index contributed by atoms with van der Waals surface area (Å²) in [5.74, 6) is 1.02. The van der Waals surface area contributed by atoms with Crippen LogP contribution in [0.15, 0.2) is 48.5 Å². The number of H-pyrrole nitrogens is 1. The van der Waals surface area contributed by atoms with Crippen LogP contribution in [0.3, 0.4) is 0 Å². The van der Waals surface area contributed by atoms with Crippen LogP contribution in [0.2, 0.25) is 0 Å². The van der Waals surface area contributed by atoms with Gasteiger partial charge in [0.1, 0.15) is 11.4 Å². The monoisotopic (exact) mass is 492 g/mol. The minimum absolute atomic E-state index is 0.0920. The Morgan fingerprint density at radius 2 is 2.05 bits per heavy atom.